The van der Waals surface area contributed by atoms with Crippen LogP contribution in [0.2, 0.25) is 0 Å². The van der Waals surface area contributed by atoms with Gasteiger partial charge in [-0.25, -0.2) is 4.98 Å². The van der Waals surface area contributed by atoms with E-state index in [-0.39, 0.29) is 17.5 Å². The molecule has 188 valence electrons. The summed E-state index contributed by atoms with van der Waals surface area (Å²) in [7, 11) is 1.54. The third-order valence-corrected chi connectivity index (χ3v) is 7.08. The van der Waals surface area contributed by atoms with Gasteiger partial charge in [0.25, 0.3) is 11.6 Å². The number of methoxy groups -OCH3 is 1. The van der Waals surface area contributed by atoms with Crippen molar-refractivity contribution in [3.05, 3.63) is 93.9 Å². The minimum absolute atomic E-state index is 0.0213. The number of thiazole rings is 1. The van der Waals surface area contributed by atoms with E-state index in [0.717, 1.165) is 4.90 Å². The molecule has 9 nitrogen and oxygen atoms in total. The van der Waals surface area contributed by atoms with Crippen LogP contribution >= 0.6 is 23.1 Å². The summed E-state index contributed by atoms with van der Waals surface area (Å²) < 4.78 is 5.16. The highest BCUT2D eigenvalue weighted by Crippen LogP contribution is 2.29. The molecule has 0 radical (unpaired) electrons. The van der Waals surface area contributed by atoms with Crippen LogP contribution in [0.15, 0.2) is 83.1 Å². The minimum Gasteiger partial charge on any atom is -0.497 e. The zero-order valence-electron chi connectivity index (χ0n) is 19.8. The van der Waals surface area contributed by atoms with Crippen molar-refractivity contribution in [1.29, 1.82) is 0 Å². The van der Waals surface area contributed by atoms with E-state index in [0.29, 0.717) is 33.4 Å². The Morgan fingerprint density at radius 3 is 2.54 bits per heavy atom. The van der Waals surface area contributed by atoms with Gasteiger partial charge in [-0.05, 0) is 49.4 Å². The van der Waals surface area contributed by atoms with Crippen molar-refractivity contribution >= 4 is 51.4 Å². The molecule has 1 atom stereocenters. The normalized spacial score (nSPS) is 11.4. The zero-order valence-corrected chi connectivity index (χ0v) is 21.5. The predicted molar refractivity (Wildman–Crippen MR) is 146 cm³/mol. The topological polar surface area (TPSA) is 123 Å². The highest BCUT2D eigenvalue weighted by molar-refractivity contribution is 8.00. The van der Waals surface area contributed by atoms with Crippen LogP contribution in [0.1, 0.15) is 17.3 Å². The van der Waals surface area contributed by atoms with Crippen LogP contribution in [0.3, 0.4) is 0 Å². The monoisotopic (exact) mass is 534 g/mol. The second kappa shape index (κ2) is 11.7. The Bertz CT molecular complexity index is 1440. The molecule has 11 heteroatoms. The average Bonchev–Trinajstić information content (AvgIpc) is 3.38. The van der Waals surface area contributed by atoms with Gasteiger partial charge >= 0.3 is 0 Å². The number of anilines is 2. The summed E-state index contributed by atoms with van der Waals surface area (Å²) >= 11 is 2.62. The van der Waals surface area contributed by atoms with E-state index in [4.69, 9.17) is 4.74 Å². The van der Waals surface area contributed by atoms with Crippen LogP contribution in [-0.4, -0.2) is 34.1 Å². The number of hydrogen-bond donors (Lipinski definition) is 2. The summed E-state index contributed by atoms with van der Waals surface area (Å²) in [5, 5.41) is 18.4. The van der Waals surface area contributed by atoms with Gasteiger partial charge in [-0.1, -0.05) is 18.2 Å². The highest BCUT2D eigenvalue weighted by atomic mass is 32.2. The van der Waals surface area contributed by atoms with Gasteiger partial charge in [0, 0.05) is 39.2 Å². The van der Waals surface area contributed by atoms with Gasteiger partial charge in [-0.2, -0.15) is 0 Å². The standard InChI is InChI=1S/C26H22N4O5S2/c1-16(24(31)29-26-28-23(15-36-26)17-5-3-7-20(13-17)30(33)34)37-22-11-9-19(10-12-22)27-25(32)18-6-4-8-21(14-18)35-2/h3-16H,1-2H3,(H,27,32)(H,28,29,31). The van der Waals surface area contributed by atoms with Gasteiger partial charge in [0.15, 0.2) is 5.13 Å². The van der Waals surface area contributed by atoms with Crippen molar-refractivity contribution in [2.45, 2.75) is 17.1 Å². The van der Waals surface area contributed by atoms with E-state index in [2.05, 4.69) is 15.6 Å². The van der Waals surface area contributed by atoms with Gasteiger partial charge < -0.3 is 15.4 Å². The van der Waals surface area contributed by atoms with Crippen LogP contribution in [-0.2, 0) is 4.79 Å². The lowest BCUT2D eigenvalue weighted by Crippen LogP contribution is -2.22. The highest BCUT2D eigenvalue weighted by Gasteiger charge is 2.17. The third kappa shape index (κ3) is 6.72. The number of nitrogens with zero attached hydrogens (tertiary/aromatic N) is 2. The van der Waals surface area contributed by atoms with E-state index in [1.54, 1.807) is 67.9 Å². The molecule has 2 N–H and O–H groups in total. The molecule has 1 aromatic heterocycles. The van der Waals surface area contributed by atoms with E-state index in [9.17, 15) is 19.7 Å². The molecule has 37 heavy (non-hydrogen) atoms. The maximum Gasteiger partial charge on any atom is 0.270 e. The van der Waals surface area contributed by atoms with Crippen LogP contribution in [0.4, 0.5) is 16.5 Å². The van der Waals surface area contributed by atoms with E-state index >= 15 is 0 Å². The number of non-ortho nitro benzene ring substituents is 1. The van der Waals surface area contributed by atoms with Crippen molar-refractivity contribution in [2.75, 3.05) is 17.7 Å². The Hall–Kier alpha value is -4.22. The van der Waals surface area contributed by atoms with Crippen LogP contribution < -0.4 is 15.4 Å². The first-order valence-corrected chi connectivity index (χ1v) is 12.8. The molecule has 0 aliphatic rings. The summed E-state index contributed by atoms with van der Waals surface area (Å²) in [5.41, 5.74) is 2.25. The number of thioether (sulfide) groups is 1. The number of aromatic nitrogens is 1. The summed E-state index contributed by atoms with van der Waals surface area (Å²) in [6.07, 6.45) is 0. The molecule has 0 aliphatic heterocycles. The SMILES string of the molecule is COc1cccc(C(=O)Nc2ccc(SC(C)C(=O)Nc3nc(-c4cccc([N+](=O)[O-])c4)cs3)cc2)c1. The first kappa shape index (κ1) is 25.9. The number of nitrogens with one attached hydrogen (secondary N) is 2. The Morgan fingerprint density at radius 1 is 1.05 bits per heavy atom. The summed E-state index contributed by atoms with van der Waals surface area (Å²) in [6, 6.07) is 20.3. The lowest BCUT2D eigenvalue weighted by molar-refractivity contribution is -0.384. The zero-order chi connectivity index (χ0) is 26.4. The van der Waals surface area contributed by atoms with Crippen molar-refractivity contribution in [2.24, 2.45) is 0 Å². The average molecular weight is 535 g/mol. The number of nitro groups is 1. The quantitative estimate of drug-likeness (QED) is 0.151. The predicted octanol–water partition coefficient (Wildman–Crippen LogP) is 6.10. The van der Waals surface area contributed by atoms with Crippen molar-refractivity contribution < 1.29 is 19.2 Å². The first-order valence-electron chi connectivity index (χ1n) is 11.1. The number of amides is 2. The number of rotatable bonds is 9. The fourth-order valence-electron chi connectivity index (χ4n) is 3.29. The molecule has 2 amide bonds. The molecule has 0 bridgehead atoms. The van der Waals surface area contributed by atoms with Gasteiger partial charge in [0.1, 0.15) is 5.75 Å². The van der Waals surface area contributed by atoms with Crippen molar-refractivity contribution in [3.8, 4) is 17.0 Å². The van der Waals surface area contributed by atoms with E-state index in [1.807, 2.05) is 12.1 Å². The van der Waals surface area contributed by atoms with E-state index < -0.39 is 10.2 Å². The molecule has 0 aliphatic carbocycles. The molecular weight excluding hydrogens is 512 g/mol. The fourth-order valence-corrected chi connectivity index (χ4v) is 4.88. The van der Waals surface area contributed by atoms with Crippen molar-refractivity contribution in [1.82, 2.24) is 4.98 Å². The molecule has 4 aromatic rings. The smallest absolute Gasteiger partial charge is 0.270 e. The summed E-state index contributed by atoms with van der Waals surface area (Å²) in [6.45, 7) is 1.79. The molecule has 0 spiro atoms. The second-order valence-corrected chi connectivity index (χ2v) is 10.1. The van der Waals surface area contributed by atoms with Gasteiger partial charge in [0.2, 0.25) is 5.91 Å². The maximum atomic E-state index is 12.7. The van der Waals surface area contributed by atoms with Gasteiger partial charge in [0.05, 0.1) is 23.0 Å². The lowest BCUT2D eigenvalue weighted by Gasteiger charge is -2.11. The Labute approximate surface area is 221 Å². The molecule has 4 rings (SSSR count). The number of nitro benzene ring substituents is 1. The number of ether oxygens (including phenoxy) is 1. The summed E-state index contributed by atoms with van der Waals surface area (Å²) in [5.74, 6) is 0.130. The number of benzene rings is 3. The lowest BCUT2D eigenvalue weighted by atomic mass is 10.1. The molecule has 1 unspecified atom stereocenters. The molecule has 0 fully saturated rings. The van der Waals surface area contributed by atoms with Crippen LogP contribution in [0.5, 0.6) is 5.75 Å². The van der Waals surface area contributed by atoms with Gasteiger partial charge in [-0.3, -0.25) is 19.7 Å². The molecular formula is C26H22N4O5S2. The minimum atomic E-state index is -0.460. The summed E-state index contributed by atoms with van der Waals surface area (Å²) in [4.78, 5) is 41.0. The fraction of sp³-hybridized carbons (Fsp3) is 0.115. The molecule has 0 saturated heterocycles. The number of carbonyl (C=O) groups excluding carboxylic acids is 2. The number of carbonyl (C=O) groups is 2. The third-order valence-electron chi connectivity index (χ3n) is 5.21. The van der Waals surface area contributed by atoms with Crippen molar-refractivity contribution in [3.63, 3.8) is 0 Å². The molecule has 0 saturated carbocycles. The maximum absolute atomic E-state index is 12.7. The number of hydrogen-bond acceptors (Lipinski definition) is 8. The second-order valence-electron chi connectivity index (χ2n) is 7.81. The largest absolute Gasteiger partial charge is 0.497 e. The van der Waals surface area contributed by atoms with Gasteiger partial charge in [-0.15, -0.1) is 23.1 Å². The molecule has 1 heterocycles. The Morgan fingerprint density at radius 2 is 1.81 bits per heavy atom. The van der Waals surface area contributed by atoms with Crippen LogP contribution in [0, 0.1) is 10.1 Å². The van der Waals surface area contributed by atoms with Crippen LogP contribution in [0.25, 0.3) is 11.3 Å². The Kier molecular flexibility index (Phi) is 8.16. The van der Waals surface area contributed by atoms with E-state index in [1.165, 1.54) is 35.2 Å². The molecule has 3 aromatic carbocycles. The first-order chi connectivity index (χ1) is 17.8. The Balaban J connectivity index is 1.33.